The number of anilines is 1. The van der Waals surface area contributed by atoms with Crippen molar-refractivity contribution in [3.63, 3.8) is 0 Å². The second-order valence-corrected chi connectivity index (χ2v) is 8.64. The summed E-state index contributed by atoms with van der Waals surface area (Å²) in [6.07, 6.45) is 5.49. The quantitative estimate of drug-likeness (QED) is 0.341. The third-order valence-corrected chi connectivity index (χ3v) is 6.47. The van der Waals surface area contributed by atoms with Crippen LogP contribution in [0.5, 0.6) is 0 Å². The minimum absolute atomic E-state index is 0.0279. The summed E-state index contributed by atoms with van der Waals surface area (Å²) in [4.78, 5) is 29.9. The van der Waals surface area contributed by atoms with Gasteiger partial charge < -0.3 is 10.3 Å². The van der Waals surface area contributed by atoms with Gasteiger partial charge in [-0.3, -0.25) is 9.59 Å². The van der Waals surface area contributed by atoms with Crippen molar-refractivity contribution in [2.75, 3.05) is 5.32 Å². The smallest absolute Gasteiger partial charge is 0.256 e. The van der Waals surface area contributed by atoms with Crippen LogP contribution in [0, 0.1) is 12.8 Å². The molecule has 7 heteroatoms. The first-order chi connectivity index (χ1) is 14.8. The Morgan fingerprint density at radius 2 is 1.81 bits per heavy atom. The number of halogens is 2. The number of allylic oxidation sites excluding steroid dienone is 3. The average molecular weight is 469 g/mol. The Balaban J connectivity index is 1.72. The summed E-state index contributed by atoms with van der Waals surface area (Å²) >= 11 is 17.9. The number of ketones is 1. The second-order valence-electron chi connectivity index (χ2n) is 7.38. The van der Waals surface area contributed by atoms with Gasteiger partial charge in [-0.1, -0.05) is 60.6 Å². The van der Waals surface area contributed by atoms with Gasteiger partial charge in [-0.25, -0.2) is 0 Å². The Morgan fingerprint density at radius 1 is 1.10 bits per heavy atom. The van der Waals surface area contributed by atoms with Crippen molar-refractivity contribution in [1.82, 2.24) is 4.98 Å². The third kappa shape index (κ3) is 3.97. The molecule has 0 saturated carbocycles. The van der Waals surface area contributed by atoms with Crippen LogP contribution in [0.3, 0.4) is 0 Å². The molecule has 1 aromatic heterocycles. The van der Waals surface area contributed by atoms with Gasteiger partial charge in [0.25, 0.3) is 5.91 Å². The molecular formula is C24H18Cl2N2O2S. The molecule has 156 valence electrons. The number of H-pyrrole nitrogens is 1. The molecule has 2 N–H and O–H groups in total. The number of carbonyl (C=O) groups excluding carboxylic acids is 2. The number of aromatic nitrogens is 1. The highest BCUT2D eigenvalue weighted by molar-refractivity contribution is 7.81. The molecule has 4 nitrogen and oxygen atoms in total. The van der Waals surface area contributed by atoms with Gasteiger partial charge in [-0.15, -0.1) is 0 Å². The van der Waals surface area contributed by atoms with Gasteiger partial charge in [-0.2, -0.15) is 0 Å². The van der Waals surface area contributed by atoms with Gasteiger partial charge >= 0.3 is 0 Å². The fourth-order valence-corrected chi connectivity index (χ4v) is 4.46. The van der Waals surface area contributed by atoms with Crippen molar-refractivity contribution >= 4 is 68.6 Å². The summed E-state index contributed by atoms with van der Waals surface area (Å²) in [7, 11) is 0. The molecule has 3 aromatic rings. The summed E-state index contributed by atoms with van der Waals surface area (Å²) in [6.45, 7) is 3.76. The summed E-state index contributed by atoms with van der Waals surface area (Å²) in [5.74, 6) is -0.534. The van der Waals surface area contributed by atoms with E-state index in [9.17, 15) is 9.59 Å². The lowest BCUT2D eigenvalue weighted by atomic mass is 9.95. The van der Waals surface area contributed by atoms with E-state index in [1.807, 2.05) is 32.1 Å². The highest BCUT2D eigenvalue weighted by Crippen LogP contribution is 2.32. The standard InChI is InChI=1S/C24H18Cl2N2O2S/c1-12-5-3-6-15(23(12)31)24(30)28-14-9-10-19-16(11-14)20(13(2)27-19)22(29)21-17(25)7-4-8-18(21)26/h3-12,27H,1-2H3,(H,28,30). The van der Waals surface area contributed by atoms with Crippen molar-refractivity contribution in [2.24, 2.45) is 5.92 Å². The Hall–Kier alpha value is -2.73. The normalized spacial score (nSPS) is 15.8. The summed E-state index contributed by atoms with van der Waals surface area (Å²) in [5.41, 5.74) is 3.20. The molecule has 31 heavy (non-hydrogen) atoms. The van der Waals surface area contributed by atoms with E-state index in [4.69, 9.17) is 35.4 Å². The lowest BCUT2D eigenvalue weighted by Gasteiger charge is -2.16. The number of nitrogens with one attached hydrogen (secondary N) is 2. The van der Waals surface area contributed by atoms with Crippen molar-refractivity contribution in [3.8, 4) is 0 Å². The topological polar surface area (TPSA) is 62.0 Å². The summed E-state index contributed by atoms with van der Waals surface area (Å²) in [6, 6.07) is 10.3. The van der Waals surface area contributed by atoms with Crippen LogP contribution in [0.25, 0.3) is 10.9 Å². The maximum atomic E-state index is 13.3. The average Bonchev–Trinajstić information content (AvgIpc) is 3.04. The van der Waals surface area contributed by atoms with E-state index in [1.165, 1.54) is 0 Å². The van der Waals surface area contributed by atoms with E-state index in [1.54, 1.807) is 36.4 Å². The Morgan fingerprint density at radius 3 is 2.52 bits per heavy atom. The molecule has 1 heterocycles. The summed E-state index contributed by atoms with van der Waals surface area (Å²) in [5, 5.41) is 4.13. The zero-order chi connectivity index (χ0) is 22.3. The van der Waals surface area contributed by atoms with Crippen LogP contribution < -0.4 is 5.32 Å². The van der Waals surface area contributed by atoms with Crippen LogP contribution in [0.15, 0.2) is 60.2 Å². The monoisotopic (exact) mass is 468 g/mol. The zero-order valence-corrected chi connectivity index (χ0v) is 19.1. The zero-order valence-electron chi connectivity index (χ0n) is 16.8. The minimum atomic E-state index is -0.283. The lowest BCUT2D eigenvalue weighted by Crippen LogP contribution is -2.24. The van der Waals surface area contributed by atoms with Gasteiger partial charge in [0, 0.05) is 33.1 Å². The van der Waals surface area contributed by atoms with Crippen LogP contribution in [-0.4, -0.2) is 21.5 Å². The molecule has 1 aliphatic rings. The largest absolute Gasteiger partial charge is 0.358 e. The SMILES string of the molecule is Cc1[nH]c2ccc(NC(=O)C3=CC=CC(C)C3=S)cc2c1C(=O)c1c(Cl)cccc1Cl. The predicted molar refractivity (Wildman–Crippen MR) is 131 cm³/mol. The Kier molecular flexibility index (Phi) is 5.84. The minimum Gasteiger partial charge on any atom is -0.358 e. The molecule has 1 aliphatic carbocycles. The molecule has 2 aromatic carbocycles. The molecule has 1 unspecified atom stereocenters. The first-order valence-corrected chi connectivity index (χ1v) is 10.8. The fraction of sp³-hybridized carbons (Fsp3) is 0.125. The number of hydrogen-bond donors (Lipinski definition) is 2. The molecule has 4 rings (SSSR count). The molecule has 0 bridgehead atoms. The van der Waals surface area contributed by atoms with E-state index in [0.29, 0.717) is 32.8 Å². The van der Waals surface area contributed by atoms with Crippen LogP contribution >= 0.6 is 35.4 Å². The maximum Gasteiger partial charge on any atom is 0.256 e. The fourth-order valence-electron chi connectivity index (χ4n) is 3.66. The van der Waals surface area contributed by atoms with Gasteiger partial charge in [-0.05, 0) is 43.3 Å². The van der Waals surface area contributed by atoms with Gasteiger partial charge in [0.05, 0.1) is 26.7 Å². The van der Waals surface area contributed by atoms with Crippen molar-refractivity contribution in [2.45, 2.75) is 13.8 Å². The van der Waals surface area contributed by atoms with E-state index >= 15 is 0 Å². The van der Waals surface area contributed by atoms with Crippen LogP contribution in [0.1, 0.15) is 28.5 Å². The molecular weight excluding hydrogens is 451 g/mol. The Labute approximate surface area is 194 Å². The predicted octanol–water partition coefficient (Wildman–Crippen LogP) is 6.45. The van der Waals surface area contributed by atoms with Crippen molar-refractivity contribution in [1.29, 1.82) is 0 Å². The van der Waals surface area contributed by atoms with Crippen molar-refractivity contribution in [3.05, 3.63) is 87.1 Å². The number of thiocarbonyl (C=S) groups is 1. The molecule has 1 atom stereocenters. The number of hydrogen-bond acceptors (Lipinski definition) is 3. The lowest BCUT2D eigenvalue weighted by molar-refractivity contribution is -0.112. The van der Waals surface area contributed by atoms with Gasteiger partial charge in [0.15, 0.2) is 5.78 Å². The third-order valence-electron chi connectivity index (χ3n) is 5.25. The molecule has 0 spiro atoms. The number of carbonyl (C=O) groups is 2. The van der Waals surface area contributed by atoms with Crippen LogP contribution in [0.4, 0.5) is 5.69 Å². The molecule has 0 radical (unpaired) electrons. The van der Waals surface area contributed by atoms with Crippen LogP contribution in [0.2, 0.25) is 10.0 Å². The van der Waals surface area contributed by atoms with Gasteiger partial charge in [0.1, 0.15) is 0 Å². The first-order valence-electron chi connectivity index (χ1n) is 9.63. The van der Waals surface area contributed by atoms with Crippen LogP contribution in [-0.2, 0) is 4.79 Å². The summed E-state index contributed by atoms with van der Waals surface area (Å²) < 4.78 is 0. The highest BCUT2D eigenvalue weighted by Gasteiger charge is 2.24. The molecule has 0 aliphatic heterocycles. The van der Waals surface area contributed by atoms with Crippen molar-refractivity contribution < 1.29 is 9.59 Å². The number of aryl methyl sites for hydroxylation is 1. The number of amides is 1. The van der Waals surface area contributed by atoms with E-state index in [2.05, 4.69) is 10.3 Å². The number of rotatable bonds is 4. The molecule has 0 fully saturated rings. The van der Waals surface area contributed by atoms with E-state index < -0.39 is 0 Å². The van der Waals surface area contributed by atoms with E-state index in [0.717, 1.165) is 5.52 Å². The maximum absolute atomic E-state index is 13.3. The second kappa shape index (κ2) is 8.42. The molecule has 1 amide bonds. The van der Waals surface area contributed by atoms with Gasteiger partial charge in [0.2, 0.25) is 0 Å². The van der Waals surface area contributed by atoms with E-state index in [-0.39, 0.29) is 33.2 Å². The Bertz CT molecular complexity index is 1300. The number of benzene rings is 2. The highest BCUT2D eigenvalue weighted by atomic mass is 35.5. The number of aromatic amines is 1. The molecule has 0 saturated heterocycles. The number of fused-ring (bicyclic) bond motifs is 1. The first kappa shape index (κ1) is 21.5.